The largest absolute Gasteiger partial charge is 0.354 e. The minimum absolute atomic E-state index is 0.0600. The minimum Gasteiger partial charge on any atom is -0.354 e. The molecule has 214 valence electrons. The van der Waals surface area contributed by atoms with Crippen molar-refractivity contribution in [2.24, 2.45) is 0 Å². The number of halogens is 1. The van der Waals surface area contributed by atoms with Gasteiger partial charge in [-0.2, -0.15) is 0 Å². The Labute approximate surface area is 243 Å². The van der Waals surface area contributed by atoms with Crippen molar-refractivity contribution in [1.82, 2.24) is 10.2 Å². The predicted molar refractivity (Wildman–Crippen MR) is 161 cm³/mol. The summed E-state index contributed by atoms with van der Waals surface area (Å²) in [5.74, 6) is -0.784. The quantitative estimate of drug-likeness (QED) is 0.255. The van der Waals surface area contributed by atoms with Crippen molar-refractivity contribution in [3.8, 4) is 0 Å². The number of hydrogen-bond donors (Lipinski definition) is 1. The first kappa shape index (κ1) is 31.2. The number of rotatable bonds is 13. The lowest BCUT2D eigenvalue weighted by atomic mass is 10.1. The van der Waals surface area contributed by atoms with E-state index in [1.165, 1.54) is 17.0 Å². The van der Waals surface area contributed by atoms with Crippen LogP contribution >= 0.6 is 11.6 Å². The summed E-state index contributed by atoms with van der Waals surface area (Å²) in [4.78, 5) is 28.8. The third kappa shape index (κ3) is 7.86. The van der Waals surface area contributed by atoms with Crippen molar-refractivity contribution in [3.05, 3.63) is 94.5 Å². The van der Waals surface area contributed by atoms with Gasteiger partial charge in [-0.3, -0.25) is 13.9 Å². The summed E-state index contributed by atoms with van der Waals surface area (Å²) in [7, 11) is -4.10. The molecule has 3 aromatic rings. The van der Waals surface area contributed by atoms with Crippen molar-refractivity contribution in [2.45, 2.75) is 64.4 Å². The molecular formula is C31H38ClN3O4S. The van der Waals surface area contributed by atoms with E-state index in [1.54, 1.807) is 54.6 Å². The Hall–Kier alpha value is -3.36. The maximum absolute atomic E-state index is 14.1. The zero-order valence-electron chi connectivity index (χ0n) is 23.6. The summed E-state index contributed by atoms with van der Waals surface area (Å²) in [6, 6.07) is 19.8. The standard InChI is InChI=1S/C31H38ClN3O4S/c1-5-7-20-33-31(37)29(6-2)34(21-25-10-8-9-11-28(25)32)30(36)22-35(26-16-12-23(3)13-17-26)40(38,39)27-18-14-24(4)15-19-27/h8-19,29H,5-7,20-22H2,1-4H3,(H,33,37)/t29-/m1/s1. The molecule has 40 heavy (non-hydrogen) atoms. The molecule has 7 nitrogen and oxygen atoms in total. The molecule has 0 aliphatic carbocycles. The number of nitrogens with zero attached hydrogens (tertiary/aromatic N) is 2. The molecule has 1 N–H and O–H groups in total. The molecule has 0 aromatic heterocycles. The Morgan fingerprint density at radius 2 is 1.50 bits per heavy atom. The molecule has 0 aliphatic rings. The Kier molecular flexibility index (Phi) is 11.2. The first-order valence-corrected chi connectivity index (χ1v) is 15.4. The average molecular weight is 584 g/mol. The highest BCUT2D eigenvalue weighted by atomic mass is 35.5. The molecule has 0 bridgehead atoms. The van der Waals surface area contributed by atoms with Crippen molar-refractivity contribution in [2.75, 3.05) is 17.4 Å². The van der Waals surface area contributed by atoms with E-state index >= 15 is 0 Å². The lowest BCUT2D eigenvalue weighted by Crippen LogP contribution is -2.52. The van der Waals surface area contributed by atoms with Gasteiger partial charge in [0.25, 0.3) is 10.0 Å². The summed E-state index contributed by atoms with van der Waals surface area (Å²) in [6.07, 6.45) is 2.09. The van der Waals surface area contributed by atoms with E-state index in [-0.39, 0.29) is 17.3 Å². The van der Waals surface area contributed by atoms with Gasteiger partial charge in [0.2, 0.25) is 11.8 Å². The first-order valence-electron chi connectivity index (χ1n) is 13.5. The topological polar surface area (TPSA) is 86.8 Å². The number of carbonyl (C=O) groups excluding carboxylic acids is 2. The molecule has 0 fully saturated rings. The summed E-state index contributed by atoms with van der Waals surface area (Å²) in [5.41, 5.74) is 2.90. The third-order valence-electron chi connectivity index (χ3n) is 6.72. The summed E-state index contributed by atoms with van der Waals surface area (Å²) in [6.45, 7) is 7.72. The molecule has 3 aromatic carbocycles. The van der Waals surface area contributed by atoms with Crippen molar-refractivity contribution in [3.63, 3.8) is 0 Å². The molecule has 0 aliphatic heterocycles. The van der Waals surface area contributed by atoms with Crippen LogP contribution in [0, 0.1) is 13.8 Å². The highest BCUT2D eigenvalue weighted by Gasteiger charge is 2.33. The smallest absolute Gasteiger partial charge is 0.264 e. The van der Waals surface area contributed by atoms with Crippen molar-refractivity contribution >= 4 is 39.1 Å². The molecule has 0 saturated carbocycles. The minimum atomic E-state index is -4.10. The Morgan fingerprint density at radius 1 is 0.900 bits per heavy atom. The maximum atomic E-state index is 14.1. The van der Waals surface area contributed by atoms with E-state index < -0.39 is 28.5 Å². The number of amides is 2. The van der Waals surface area contributed by atoms with E-state index in [9.17, 15) is 18.0 Å². The molecule has 3 rings (SSSR count). The zero-order valence-corrected chi connectivity index (χ0v) is 25.1. The molecule has 2 amide bonds. The van der Waals surface area contributed by atoms with E-state index in [0.717, 1.165) is 28.3 Å². The van der Waals surface area contributed by atoms with Crippen molar-refractivity contribution < 1.29 is 18.0 Å². The summed E-state index contributed by atoms with van der Waals surface area (Å²) >= 11 is 6.44. The number of carbonyl (C=O) groups is 2. The maximum Gasteiger partial charge on any atom is 0.264 e. The van der Waals surface area contributed by atoms with Gasteiger partial charge in [-0.15, -0.1) is 0 Å². The van der Waals surface area contributed by atoms with Crippen LogP contribution in [-0.2, 0) is 26.2 Å². The second-order valence-electron chi connectivity index (χ2n) is 9.84. The van der Waals surface area contributed by atoms with Crippen LogP contribution in [0.2, 0.25) is 5.02 Å². The van der Waals surface area contributed by atoms with Gasteiger partial charge in [0.15, 0.2) is 0 Å². The molecular weight excluding hydrogens is 546 g/mol. The number of sulfonamides is 1. The van der Waals surface area contributed by atoms with Crippen LogP contribution in [0.4, 0.5) is 5.69 Å². The Balaban J connectivity index is 2.04. The fourth-order valence-electron chi connectivity index (χ4n) is 4.31. The lowest BCUT2D eigenvalue weighted by molar-refractivity contribution is -0.140. The number of aryl methyl sites for hydroxylation is 2. The van der Waals surface area contributed by atoms with Gasteiger partial charge in [0.1, 0.15) is 12.6 Å². The van der Waals surface area contributed by atoms with Gasteiger partial charge in [0, 0.05) is 18.1 Å². The van der Waals surface area contributed by atoms with E-state index in [1.807, 2.05) is 33.8 Å². The van der Waals surface area contributed by atoms with E-state index in [2.05, 4.69) is 5.32 Å². The van der Waals surface area contributed by atoms with Crippen LogP contribution < -0.4 is 9.62 Å². The molecule has 0 spiro atoms. The summed E-state index contributed by atoms with van der Waals surface area (Å²) in [5, 5.41) is 3.39. The SMILES string of the molecule is CCCCNC(=O)[C@@H](CC)N(Cc1ccccc1Cl)C(=O)CN(c1ccc(C)cc1)S(=O)(=O)c1ccc(C)cc1. The van der Waals surface area contributed by atoms with Gasteiger partial charge in [-0.1, -0.05) is 85.5 Å². The van der Waals surface area contributed by atoms with Crippen LogP contribution in [0.25, 0.3) is 0 Å². The fourth-order valence-corrected chi connectivity index (χ4v) is 5.92. The van der Waals surface area contributed by atoms with Crippen LogP contribution in [0.15, 0.2) is 77.7 Å². The normalized spacial score (nSPS) is 12.0. The molecule has 9 heteroatoms. The average Bonchev–Trinajstić information content (AvgIpc) is 2.93. The second-order valence-corrected chi connectivity index (χ2v) is 12.1. The van der Waals surface area contributed by atoms with Gasteiger partial charge in [-0.25, -0.2) is 8.42 Å². The van der Waals surface area contributed by atoms with Gasteiger partial charge >= 0.3 is 0 Å². The molecule has 0 saturated heterocycles. The molecule has 0 unspecified atom stereocenters. The summed E-state index contributed by atoms with van der Waals surface area (Å²) < 4.78 is 28.9. The first-order chi connectivity index (χ1) is 19.1. The van der Waals surface area contributed by atoms with Crippen LogP contribution in [0.3, 0.4) is 0 Å². The van der Waals surface area contributed by atoms with Crippen LogP contribution in [0.1, 0.15) is 49.8 Å². The Morgan fingerprint density at radius 3 is 2.08 bits per heavy atom. The van der Waals surface area contributed by atoms with Crippen LogP contribution in [0.5, 0.6) is 0 Å². The monoisotopic (exact) mass is 583 g/mol. The van der Waals surface area contributed by atoms with Crippen LogP contribution in [-0.4, -0.2) is 44.3 Å². The van der Waals surface area contributed by atoms with Gasteiger partial charge in [0.05, 0.1) is 10.6 Å². The van der Waals surface area contributed by atoms with E-state index in [0.29, 0.717) is 29.2 Å². The van der Waals surface area contributed by atoms with Gasteiger partial charge < -0.3 is 10.2 Å². The molecule has 0 radical (unpaired) electrons. The highest BCUT2D eigenvalue weighted by Crippen LogP contribution is 2.26. The van der Waals surface area contributed by atoms with Gasteiger partial charge in [-0.05, 0) is 62.6 Å². The third-order valence-corrected chi connectivity index (χ3v) is 8.88. The second kappa shape index (κ2) is 14.3. The molecule has 0 heterocycles. The fraction of sp³-hybridized carbons (Fsp3) is 0.355. The molecule has 1 atom stereocenters. The lowest BCUT2D eigenvalue weighted by Gasteiger charge is -2.33. The number of benzene rings is 3. The predicted octanol–water partition coefficient (Wildman–Crippen LogP) is 5.88. The number of unbranched alkanes of at least 4 members (excludes halogenated alkanes) is 1. The highest BCUT2D eigenvalue weighted by molar-refractivity contribution is 7.92. The van der Waals surface area contributed by atoms with E-state index in [4.69, 9.17) is 11.6 Å². The zero-order chi connectivity index (χ0) is 29.3. The Bertz CT molecular complexity index is 1390. The number of nitrogens with one attached hydrogen (secondary N) is 1. The van der Waals surface area contributed by atoms with Crippen molar-refractivity contribution in [1.29, 1.82) is 0 Å². The number of anilines is 1. The number of hydrogen-bond acceptors (Lipinski definition) is 4.